The molecule has 0 bridgehead atoms. The second kappa shape index (κ2) is 8.59. The van der Waals surface area contributed by atoms with Gasteiger partial charge in [0, 0.05) is 45.5 Å². The van der Waals surface area contributed by atoms with Crippen LogP contribution in [0.1, 0.15) is 25.3 Å². The van der Waals surface area contributed by atoms with Gasteiger partial charge in [-0.3, -0.25) is 4.79 Å². The van der Waals surface area contributed by atoms with Gasteiger partial charge in [0.05, 0.1) is 12.5 Å². The summed E-state index contributed by atoms with van der Waals surface area (Å²) in [4.78, 5) is 17.9. The van der Waals surface area contributed by atoms with Crippen LogP contribution in [0.2, 0.25) is 0 Å². The van der Waals surface area contributed by atoms with Crippen molar-refractivity contribution in [2.45, 2.75) is 26.3 Å². The summed E-state index contributed by atoms with van der Waals surface area (Å²) in [6, 6.07) is 3.62. The van der Waals surface area contributed by atoms with E-state index >= 15 is 0 Å². The van der Waals surface area contributed by atoms with Gasteiger partial charge in [-0.25, -0.2) is 4.98 Å². The summed E-state index contributed by atoms with van der Waals surface area (Å²) < 4.78 is 34.0. The van der Waals surface area contributed by atoms with Crippen LogP contribution in [0, 0.1) is 5.92 Å². The van der Waals surface area contributed by atoms with E-state index < -0.39 is 10.2 Å². The molecule has 0 aliphatic carbocycles. The number of pyridine rings is 1. The highest BCUT2D eigenvalue weighted by molar-refractivity contribution is 7.87. The molecule has 1 saturated heterocycles. The highest BCUT2D eigenvalue weighted by Gasteiger charge is 2.31. The van der Waals surface area contributed by atoms with E-state index in [9.17, 15) is 13.2 Å². The van der Waals surface area contributed by atoms with E-state index in [1.54, 1.807) is 19.2 Å². The van der Waals surface area contributed by atoms with Gasteiger partial charge in [-0.1, -0.05) is 6.07 Å². The summed E-state index contributed by atoms with van der Waals surface area (Å²) in [5.74, 6) is 0.273. The first-order valence-corrected chi connectivity index (χ1v) is 9.81. The van der Waals surface area contributed by atoms with Crippen LogP contribution in [0.4, 0.5) is 5.82 Å². The third-order valence-corrected chi connectivity index (χ3v) is 5.70. The Bertz CT molecular complexity index is 685. The number of carbonyl (C=O) groups is 1. The Morgan fingerprint density at radius 2 is 2.08 bits per heavy atom. The molecule has 2 rings (SSSR count). The summed E-state index contributed by atoms with van der Waals surface area (Å²) in [6.45, 7) is 2.90. The Morgan fingerprint density at radius 1 is 1.40 bits per heavy atom. The number of carbonyl (C=O) groups excluding carboxylic acids is 1. The van der Waals surface area contributed by atoms with Gasteiger partial charge in [0.2, 0.25) is 0 Å². The van der Waals surface area contributed by atoms with Crippen molar-refractivity contribution in [2.75, 3.05) is 38.7 Å². The van der Waals surface area contributed by atoms with E-state index in [4.69, 9.17) is 4.74 Å². The summed E-state index contributed by atoms with van der Waals surface area (Å²) in [5.41, 5.74) is 0.803. The van der Waals surface area contributed by atoms with Crippen molar-refractivity contribution in [1.29, 1.82) is 0 Å². The quantitative estimate of drug-likeness (QED) is 0.713. The maximum atomic E-state index is 12.5. The van der Waals surface area contributed by atoms with Gasteiger partial charge in [0.1, 0.15) is 5.82 Å². The zero-order valence-electron chi connectivity index (χ0n) is 14.9. The monoisotopic (exact) mass is 370 g/mol. The standard InChI is InChI=1S/C16H26N4O4S/c1-4-24-16(21)13-7-10-20(11-8-13)25(22,23)18-12-14-6-5-9-17-15(14)19(2)3/h5-6,9,13,18H,4,7-8,10-12H2,1-3H3. The molecule has 1 aromatic rings. The zero-order chi connectivity index (χ0) is 18.4. The fraction of sp³-hybridized carbons (Fsp3) is 0.625. The lowest BCUT2D eigenvalue weighted by Gasteiger charge is -2.30. The van der Waals surface area contributed by atoms with E-state index in [2.05, 4.69) is 9.71 Å². The van der Waals surface area contributed by atoms with Crippen LogP contribution >= 0.6 is 0 Å². The lowest BCUT2D eigenvalue weighted by atomic mass is 9.98. The number of esters is 1. The van der Waals surface area contributed by atoms with Gasteiger partial charge in [-0.05, 0) is 25.8 Å². The molecule has 1 N–H and O–H groups in total. The Hall–Kier alpha value is -1.71. The largest absolute Gasteiger partial charge is 0.466 e. The van der Waals surface area contributed by atoms with Crippen molar-refractivity contribution in [3.05, 3.63) is 23.9 Å². The first-order chi connectivity index (χ1) is 11.8. The minimum absolute atomic E-state index is 0.168. The van der Waals surface area contributed by atoms with Crippen molar-refractivity contribution in [3.8, 4) is 0 Å². The molecular weight excluding hydrogens is 344 g/mol. The molecule has 0 radical (unpaired) electrons. The average Bonchev–Trinajstić information content (AvgIpc) is 2.60. The molecule has 140 valence electrons. The predicted molar refractivity (Wildman–Crippen MR) is 95.3 cm³/mol. The van der Waals surface area contributed by atoms with Crippen LogP contribution in [-0.4, -0.2) is 57.5 Å². The Morgan fingerprint density at radius 3 is 2.68 bits per heavy atom. The highest BCUT2D eigenvalue weighted by atomic mass is 32.2. The fourth-order valence-corrected chi connectivity index (χ4v) is 4.04. The number of nitrogens with zero attached hydrogens (tertiary/aromatic N) is 3. The van der Waals surface area contributed by atoms with Crippen molar-refractivity contribution < 1.29 is 17.9 Å². The third kappa shape index (κ3) is 5.13. The van der Waals surface area contributed by atoms with E-state index in [0.717, 1.165) is 11.4 Å². The van der Waals surface area contributed by atoms with Gasteiger partial charge < -0.3 is 9.64 Å². The molecule has 0 unspecified atom stereocenters. The van der Waals surface area contributed by atoms with E-state index in [1.165, 1.54) is 4.31 Å². The Balaban J connectivity index is 1.94. The van der Waals surface area contributed by atoms with Crippen molar-refractivity contribution in [1.82, 2.24) is 14.0 Å². The summed E-state index contributed by atoms with van der Waals surface area (Å²) in [7, 11) is 0.123. The number of aromatic nitrogens is 1. The van der Waals surface area contributed by atoms with Crippen molar-refractivity contribution >= 4 is 22.0 Å². The van der Waals surface area contributed by atoms with Crippen LogP contribution in [0.5, 0.6) is 0 Å². The number of hydrogen-bond donors (Lipinski definition) is 1. The lowest BCUT2D eigenvalue weighted by molar-refractivity contribution is -0.149. The predicted octanol–water partition coefficient (Wildman–Crippen LogP) is 0.757. The number of hydrogen-bond acceptors (Lipinski definition) is 6. The molecule has 0 amide bonds. The molecule has 0 aromatic carbocycles. The number of ether oxygens (including phenoxy) is 1. The average molecular weight is 370 g/mol. The van der Waals surface area contributed by atoms with Gasteiger partial charge in [0.15, 0.2) is 0 Å². The maximum Gasteiger partial charge on any atom is 0.309 e. The summed E-state index contributed by atoms with van der Waals surface area (Å²) >= 11 is 0. The van der Waals surface area contributed by atoms with Gasteiger partial charge in [-0.15, -0.1) is 0 Å². The lowest BCUT2D eigenvalue weighted by Crippen LogP contribution is -2.46. The van der Waals surface area contributed by atoms with Crippen molar-refractivity contribution in [3.63, 3.8) is 0 Å². The topological polar surface area (TPSA) is 91.8 Å². The molecule has 0 atom stereocenters. The molecular formula is C16H26N4O4S. The second-order valence-electron chi connectivity index (χ2n) is 6.13. The molecule has 2 heterocycles. The van der Waals surface area contributed by atoms with E-state index in [-0.39, 0.29) is 18.4 Å². The van der Waals surface area contributed by atoms with Gasteiger partial charge in [-0.2, -0.15) is 17.4 Å². The number of nitrogens with one attached hydrogen (secondary N) is 1. The number of piperidine rings is 1. The summed E-state index contributed by atoms with van der Waals surface area (Å²) in [6.07, 6.45) is 2.64. The van der Waals surface area contributed by atoms with Crippen LogP contribution in [0.25, 0.3) is 0 Å². The van der Waals surface area contributed by atoms with Crippen LogP contribution in [0.15, 0.2) is 18.3 Å². The van der Waals surface area contributed by atoms with Gasteiger partial charge in [0.25, 0.3) is 10.2 Å². The minimum Gasteiger partial charge on any atom is -0.466 e. The molecule has 1 aliphatic rings. The first-order valence-electron chi connectivity index (χ1n) is 8.37. The Labute approximate surface area is 149 Å². The smallest absolute Gasteiger partial charge is 0.309 e. The number of rotatable bonds is 7. The van der Waals surface area contributed by atoms with Crippen LogP contribution in [0.3, 0.4) is 0 Å². The zero-order valence-corrected chi connectivity index (χ0v) is 15.8. The molecule has 1 aliphatic heterocycles. The number of anilines is 1. The molecule has 0 saturated carbocycles. The van der Waals surface area contributed by atoms with Gasteiger partial charge >= 0.3 is 5.97 Å². The van der Waals surface area contributed by atoms with E-state index in [1.807, 2.05) is 25.1 Å². The molecule has 0 spiro atoms. The van der Waals surface area contributed by atoms with Crippen LogP contribution in [-0.2, 0) is 26.3 Å². The van der Waals surface area contributed by atoms with Crippen molar-refractivity contribution in [2.24, 2.45) is 5.92 Å². The Kier molecular flexibility index (Phi) is 6.74. The minimum atomic E-state index is -3.60. The van der Waals surface area contributed by atoms with E-state index in [0.29, 0.717) is 32.5 Å². The SMILES string of the molecule is CCOC(=O)C1CCN(S(=O)(=O)NCc2cccnc2N(C)C)CC1. The molecule has 8 nitrogen and oxygen atoms in total. The van der Waals surface area contributed by atoms with Crippen LogP contribution < -0.4 is 9.62 Å². The molecule has 1 aromatic heterocycles. The fourth-order valence-electron chi connectivity index (χ4n) is 2.82. The normalized spacial score (nSPS) is 16.6. The third-order valence-electron chi connectivity index (χ3n) is 4.15. The molecule has 1 fully saturated rings. The molecule has 9 heteroatoms. The second-order valence-corrected chi connectivity index (χ2v) is 7.89. The molecule has 25 heavy (non-hydrogen) atoms. The summed E-state index contributed by atoms with van der Waals surface area (Å²) in [5, 5.41) is 0. The maximum absolute atomic E-state index is 12.5. The first kappa shape index (κ1) is 19.6. The highest BCUT2D eigenvalue weighted by Crippen LogP contribution is 2.21.